The van der Waals surface area contributed by atoms with Crippen molar-refractivity contribution in [3.63, 3.8) is 0 Å². The van der Waals surface area contributed by atoms with Gasteiger partial charge in [-0.3, -0.25) is 0 Å². The number of nitrogens with zero attached hydrogens (tertiary/aromatic N) is 1. The minimum Gasteiger partial charge on any atom is -0.439 e. The van der Waals surface area contributed by atoms with Gasteiger partial charge in [0.2, 0.25) is 5.89 Å². The lowest BCUT2D eigenvalue weighted by Crippen LogP contribution is -2.21. The van der Waals surface area contributed by atoms with Crippen molar-refractivity contribution in [1.29, 1.82) is 0 Å². The second kappa shape index (κ2) is 5.63. The molecule has 0 fully saturated rings. The zero-order valence-electron chi connectivity index (χ0n) is 10.2. The van der Waals surface area contributed by atoms with E-state index in [1.807, 2.05) is 13.8 Å². The molecule has 0 radical (unpaired) electrons. The average molecular weight is 313 g/mol. The molecule has 0 aliphatic carbocycles. The molecule has 0 saturated heterocycles. The molecular weight excluding hydrogens is 299 g/mol. The van der Waals surface area contributed by atoms with Gasteiger partial charge in [-0.05, 0) is 18.2 Å². The highest BCUT2D eigenvalue weighted by atomic mass is 79.9. The van der Waals surface area contributed by atoms with Crippen LogP contribution in [0.4, 0.5) is 4.39 Å². The maximum atomic E-state index is 13.2. The molecule has 0 saturated carbocycles. The predicted molar refractivity (Wildman–Crippen MR) is 71.6 cm³/mol. The largest absolute Gasteiger partial charge is 0.439 e. The number of nitrogens with one attached hydrogen (secondary N) is 1. The molecule has 0 bridgehead atoms. The average Bonchev–Trinajstić information content (AvgIpc) is 2.78. The summed E-state index contributed by atoms with van der Waals surface area (Å²) in [6.45, 7) is 4.66. The molecule has 0 spiro atoms. The summed E-state index contributed by atoms with van der Waals surface area (Å²) in [6, 6.07) is 4.83. The van der Waals surface area contributed by atoms with Gasteiger partial charge in [0.1, 0.15) is 5.82 Å². The lowest BCUT2D eigenvalue weighted by atomic mass is 10.2. The summed E-state index contributed by atoms with van der Waals surface area (Å²) >= 11 is 3.37. The van der Waals surface area contributed by atoms with Gasteiger partial charge in [-0.15, -0.1) is 0 Å². The van der Waals surface area contributed by atoms with E-state index in [-0.39, 0.29) is 5.82 Å². The fourth-order valence-electron chi connectivity index (χ4n) is 1.49. The third-order valence-corrected chi connectivity index (χ3v) is 3.10. The first-order valence-electron chi connectivity index (χ1n) is 5.70. The van der Waals surface area contributed by atoms with Crippen LogP contribution in [0.25, 0.3) is 11.3 Å². The minimum atomic E-state index is -0.300. The van der Waals surface area contributed by atoms with Gasteiger partial charge in [0.05, 0.1) is 12.7 Å². The van der Waals surface area contributed by atoms with Gasteiger partial charge in [0.15, 0.2) is 5.76 Å². The van der Waals surface area contributed by atoms with Crippen molar-refractivity contribution in [1.82, 2.24) is 10.3 Å². The minimum absolute atomic E-state index is 0.300. The van der Waals surface area contributed by atoms with E-state index in [9.17, 15) is 4.39 Å². The fraction of sp³-hybridized carbons (Fsp3) is 0.308. The quantitative estimate of drug-likeness (QED) is 0.934. The monoisotopic (exact) mass is 312 g/mol. The van der Waals surface area contributed by atoms with Gasteiger partial charge in [-0.1, -0.05) is 29.8 Å². The summed E-state index contributed by atoms with van der Waals surface area (Å²) in [4.78, 5) is 4.16. The summed E-state index contributed by atoms with van der Waals surface area (Å²) in [5.74, 6) is 0.850. The highest BCUT2D eigenvalue weighted by Crippen LogP contribution is 2.29. The van der Waals surface area contributed by atoms with Crippen molar-refractivity contribution in [3.05, 3.63) is 40.6 Å². The second-order valence-electron chi connectivity index (χ2n) is 4.28. The Hall–Kier alpha value is -1.20. The van der Waals surface area contributed by atoms with Crippen LogP contribution in [0.1, 0.15) is 19.7 Å². The first-order valence-corrected chi connectivity index (χ1v) is 6.49. The second-order valence-corrected chi connectivity index (χ2v) is 5.13. The summed E-state index contributed by atoms with van der Waals surface area (Å²) < 4.78 is 19.6. The molecule has 2 rings (SSSR count). The molecule has 0 unspecified atom stereocenters. The summed E-state index contributed by atoms with van der Waals surface area (Å²) in [5, 5.41) is 3.21. The van der Waals surface area contributed by atoms with Gasteiger partial charge in [-0.25, -0.2) is 9.37 Å². The molecule has 3 nitrogen and oxygen atoms in total. The van der Waals surface area contributed by atoms with Gasteiger partial charge >= 0.3 is 0 Å². The van der Waals surface area contributed by atoms with Crippen LogP contribution in [0.3, 0.4) is 0 Å². The van der Waals surface area contributed by atoms with Crippen molar-refractivity contribution in [2.45, 2.75) is 26.4 Å². The molecule has 1 aromatic heterocycles. The molecule has 0 aliphatic heterocycles. The van der Waals surface area contributed by atoms with Crippen LogP contribution in [0, 0.1) is 5.82 Å². The summed E-state index contributed by atoms with van der Waals surface area (Å²) in [6.07, 6.45) is 1.61. The van der Waals surface area contributed by atoms with Crippen LogP contribution in [0.2, 0.25) is 0 Å². The standard InChI is InChI=1S/C13H14BrFN2O/c1-8(2)16-7-13-17-6-12(18-13)10-5-9(15)3-4-11(10)14/h3-6,8,16H,7H2,1-2H3. The van der Waals surface area contributed by atoms with E-state index >= 15 is 0 Å². The first-order chi connectivity index (χ1) is 8.56. The Kier molecular flexibility index (Phi) is 4.14. The highest BCUT2D eigenvalue weighted by Gasteiger charge is 2.10. The van der Waals surface area contributed by atoms with Crippen LogP contribution in [0.15, 0.2) is 33.3 Å². The summed E-state index contributed by atoms with van der Waals surface area (Å²) in [7, 11) is 0. The number of benzene rings is 1. The van der Waals surface area contributed by atoms with Crippen LogP contribution in [-0.2, 0) is 6.54 Å². The highest BCUT2D eigenvalue weighted by molar-refractivity contribution is 9.10. The topological polar surface area (TPSA) is 38.1 Å². The molecule has 0 amide bonds. The number of oxazole rings is 1. The van der Waals surface area contributed by atoms with Crippen LogP contribution < -0.4 is 5.32 Å². The normalized spacial score (nSPS) is 11.2. The molecule has 5 heteroatoms. The van der Waals surface area contributed by atoms with E-state index in [4.69, 9.17) is 4.42 Å². The Morgan fingerprint density at radius 2 is 2.22 bits per heavy atom. The molecule has 1 heterocycles. The molecular formula is C13H14BrFN2O. The smallest absolute Gasteiger partial charge is 0.208 e. The Bertz CT molecular complexity index is 540. The molecule has 18 heavy (non-hydrogen) atoms. The van der Waals surface area contributed by atoms with Gasteiger partial charge in [0.25, 0.3) is 0 Å². The van der Waals surface area contributed by atoms with E-state index < -0.39 is 0 Å². The van der Waals surface area contributed by atoms with Crippen molar-refractivity contribution < 1.29 is 8.81 Å². The Morgan fingerprint density at radius 1 is 1.44 bits per heavy atom. The fourth-order valence-corrected chi connectivity index (χ4v) is 1.94. The molecule has 0 atom stereocenters. The third-order valence-electron chi connectivity index (χ3n) is 2.41. The lowest BCUT2D eigenvalue weighted by Gasteiger charge is -2.04. The maximum Gasteiger partial charge on any atom is 0.208 e. The number of hydrogen-bond acceptors (Lipinski definition) is 3. The molecule has 1 aromatic carbocycles. The van der Waals surface area contributed by atoms with Crippen molar-refractivity contribution >= 4 is 15.9 Å². The Balaban J connectivity index is 2.21. The van der Waals surface area contributed by atoms with E-state index in [0.717, 1.165) is 4.47 Å². The SMILES string of the molecule is CC(C)NCc1ncc(-c2cc(F)ccc2Br)o1. The predicted octanol–water partition coefficient (Wildman–Crippen LogP) is 3.74. The molecule has 0 aliphatic rings. The van der Waals surface area contributed by atoms with Crippen molar-refractivity contribution in [2.24, 2.45) is 0 Å². The molecule has 96 valence electrons. The van der Waals surface area contributed by atoms with E-state index in [0.29, 0.717) is 29.8 Å². The number of halogens is 2. The van der Waals surface area contributed by atoms with E-state index in [1.54, 1.807) is 12.3 Å². The summed E-state index contributed by atoms with van der Waals surface area (Å²) in [5.41, 5.74) is 0.665. The van der Waals surface area contributed by atoms with Crippen molar-refractivity contribution in [2.75, 3.05) is 0 Å². The van der Waals surface area contributed by atoms with Gasteiger partial charge in [-0.2, -0.15) is 0 Å². The number of hydrogen-bond donors (Lipinski definition) is 1. The van der Waals surface area contributed by atoms with Crippen molar-refractivity contribution in [3.8, 4) is 11.3 Å². The number of rotatable bonds is 4. The van der Waals surface area contributed by atoms with Crippen LogP contribution in [-0.4, -0.2) is 11.0 Å². The van der Waals surface area contributed by atoms with Gasteiger partial charge < -0.3 is 9.73 Å². The Labute approximate surface area is 114 Å². The zero-order chi connectivity index (χ0) is 13.1. The molecule has 2 aromatic rings. The molecule has 1 N–H and O–H groups in total. The van der Waals surface area contributed by atoms with E-state index in [2.05, 4.69) is 26.2 Å². The maximum absolute atomic E-state index is 13.2. The zero-order valence-corrected chi connectivity index (χ0v) is 11.8. The first kappa shape index (κ1) is 13.2. The van der Waals surface area contributed by atoms with E-state index in [1.165, 1.54) is 12.1 Å². The van der Waals surface area contributed by atoms with Crippen LogP contribution >= 0.6 is 15.9 Å². The Morgan fingerprint density at radius 3 is 2.94 bits per heavy atom. The van der Waals surface area contributed by atoms with Gasteiger partial charge in [0, 0.05) is 16.1 Å². The third kappa shape index (κ3) is 3.17. The van der Waals surface area contributed by atoms with Crippen LogP contribution in [0.5, 0.6) is 0 Å². The lowest BCUT2D eigenvalue weighted by molar-refractivity contribution is 0.458. The number of aromatic nitrogens is 1.